The molecule has 0 aromatic carbocycles. The van der Waals surface area contributed by atoms with E-state index in [0.717, 1.165) is 0 Å². The standard InChI is InChI=1S/C15H29N3Si/c1-15(2)19(16-9-3-4-10-16,17-11-5-6-12-17)18-13-7-8-14-18/h1,3-14H2,2H3. The maximum Gasteiger partial charge on any atom is 0.318 e. The van der Waals surface area contributed by atoms with E-state index in [0.29, 0.717) is 0 Å². The molecule has 0 spiro atoms. The maximum atomic E-state index is 4.50. The van der Waals surface area contributed by atoms with E-state index in [9.17, 15) is 0 Å². The smallest absolute Gasteiger partial charge is 0.296 e. The first-order valence-corrected chi connectivity index (χ1v) is 10.0. The summed E-state index contributed by atoms with van der Waals surface area (Å²) in [6.07, 6.45) is 8.36. The van der Waals surface area contributed by atoms with Gasteiger partial charge in [-0.15, -0.1) is 6.58 Å². The SMILES string of the molecule is C=C(C)[Si](N1CCCC1)(N1CCCC1)N1CCCC1. The Morgan fingerprint density at radius 2 is 0.947 bits per heavy atom. The van der Waals surface area contributed by atoms with Crippen LogP contribution in [0.1, 0.15) is 45.4 Å². The van der Waals surface area contributed by atoms with Gasteiger partial charge in [-0.05, 0) is 89.9 Å². The summed E-state index contributed by atoms with van der Waals surface area (Å²) in [5, 5.41) is 1.48. The molecule has 0 bridgehead atoms. The Labute approximate surface area is 119 Å². The quantitative estimate of drug-likeness (QED) is 0.731. The molecule has 0 saturated carbocycles. The Bertz CT molecular complexity index is 285. The third-order valence-corrected chi connectivity index (χ3v) is 10.3. The second kappa shape index (κ2) is 5.68. The van der Waals surface area contributed by atoms with Gasteiger partial charge in [0.05, 0.1) is 0 Å². The lowest BCUT2D eigenvalue weighted by molar-refractivity contribution is 0.309. The van der Waals surface area contributed by atoms with Crippen molar-refractivity contribution in [2.24, 2.45) is 0 Å². The molecule has 0 unspecified atom stereocenters. The molecule has 108 valence electrons. The van der Waals surface area contributed by atoms with Crippen molar-refractivity contribution in [1.82, 2.24) is 13.7 Å². The van der Waals surface area contributed by atoms with Crippen LogP contribution in [0.4, 0.5) is 0 Å². The fraction of sp³-hybridized carbons (Fsp3) is 0.867. The maximum absolute atomic E-state index is 4.50. The van der Waals surface area contributed by atoms with Gasteiger partial charge in [0.2, 0.25) is 0 Å². The number of rotatable bonds is 4. The molecule has 3 rings (SSSR count). The Balaban J connectivity index is 1.96. The van der Waals surface area contributed by atoms with E-state index in [2.05, 4.69) is 27.2 Å². The van der Waals surface area contributed by atoms with Gasteiger partial charge < -0.3 is 0 Å². The summed E-state index contributed by atoms with van der Waals surface area (Å²) in [6.45, 7) is 14.7. The zero-order valence-corrected chi connectivity index (χ0v) is 13.5. The molecule has 4 heteroatoms. The van der Waals surface area contributed by atoms with Gasteiger partial charge in [-0.2, -0.15) is 0 Å². The van der Waals surface area contributed by atoms with Crippen LogP contribution in [0.5, 0.6) is 0 Å². The lowest BCUT2D eigenvalue weighted by atomic mass is 10.4. The first-order chi connectivity index (χ1) is 9.26. The lowest BCUT2D eigenvalue weighted by Crippen LogP contribution is -2.74. The second-order valence-corrected chi connectivity index (χ2v) is 10.5. The van der Waals surface area contributed by atoms with Crippen molar-refractivity contribution in [3.63, 3.8) is 0 Å². The molecule has 0 N–H and O–H groups in total. The van der Waals surface area contributed by atoms with Crippen LogP contribution in [0, 0.1) is 0 Å². The molecule has 19 heavy (non-hydrogen) atoms. The Morgan fingerprint density at radius 3 is 1.16 bits per heavy atom. The van der Waals surface area contributed by atoms with Crippen molar-refractivity contribution in [1.29, 1.82) is 0 Å². The van der Waals surface area contributed by atoms with Crippen LogP contribution >= 0.6 is 0 Å². The van der Waals surface area contributed by atoms with E-state index in [1.54, 1.807) is 0 Å². The number of allylic oxidation sites excluding steroid dienone is 1. The molecule has 3 fully saturated rings. The first kappa shape index (κ1) is 13.8. The first-order valence-electron chi connectivity index (χ1n) is 8.17. The van der Waals surface area contributed by atoms with Crippen molar-refractivity contribution >= 4 is 8.56 Å². The van der Waals surface area contributed by atoms with E-state index in [1.165, 1.54) is 83.0 Å². The molecular formula is C15H29N3Si. The molecule has 0 aliphatic carbocycles. The third kappa shape index (κ3) is 2.23. The van der Waals surface area contributed by atoms with Crippen LogP contribution in [0.15, 0.2) is 11.8 Å². The van der Waals surface area contributed by atoms with Crippen LogP contribution < -0.4 is 0 Å². The predicted molar refractivity (Wildman–Crippen MR) is 83.0 cm³/mol. The summed E-state index contributed by atoms with van der Waals surface area (Å²) in [7, 11) is -1.77. The molecule has 0 radical (unpaired) electrons. The second-order valence-electron chi connectivity index (χ2n) is 6.50. The van der Waals surface area contributed by atoms with Crippen LogP contribution in [0.25, 0.3) is 0 Å². The minimum atomic E-state index is -1.77. The largest absolute Gasteiger partial charge is 0.318 e. The highest BCUT2D eigenvalue weighted by Crippen LogP contribution is 2.34. The number of nitrogens with zero attached hydrogens (tertiary/aromatic N) is 3. The molecule has 3 aliphatic heterocycles. The van der Waals surface area contributed by atoms with Gasteiger partial charge in [0, 0.05) is 0 Å². The topological polar surface area (TPSA) is 9.72 Å². The summed E-state index contributed by atoms with van der Waals surface area (Å²) < 4.78 is 8.60. The average Bonchev–Trinajstić information content (AvgIpc) is 3.15. The van der Waals surface area contributed by atoms with Crippen molar-refractivity contribution < 1.29 is 0 Å². The van der Waals surface area contributed by atoms with Gasteiger partial charge in [0.25, 0.3) is 0 Å². The van der Waals surface area contributed by atoms with Gasteiger partial charge >= 0.3 is 8.56 Å². The zero-order valence-electron chi connectivity index (χ0n) is 12.5. The number of hydrogen-bond acceptors (Lipinski definition) is 3. The normalized spacial score (nSPS) is 27.4. The fourth-order valence-electron chi connectivity index (χ4n) is 4.50. The van der Waals surface area contributed by atoms with E-state index < -0.39 is 8.56 Å². The number of hydrogen-bond donors (Lipinski definition) is 0. The molecule has 3 saturated heterocycles. The molecule has 0 aromatic rings. The molecule has 0 atom stereocenters. The minimum Gasteiger partial charge on any atom is -0.296 e. The monoisotopic (exact) mass is 279 g/mol. The van der Waals surface area contributed by atoms with Crippen molar-refractivity contribution in [2.75, 3.05) is 39.3 Å². The zero-order chi connectivity index (χ0) is 13.3. The Kier molecular flexibility index (Phi) is 4.13. The van der Waals surface area contributed by atoms with Gasteiger partial charge in [-0.3, -0.25) is 13.7 Å². The molecule has 0 amide bonds. The third-order valence-electron chi connectivity index (χ3n) is 5.21. The van der Waals surface area contributed by atoms with E-state index >= 15 is 0 Å². The van der Waals surface area contributed by atoms with Gasteiger partial charge in [0.1, 0.15) is 0 Å². The van der Waals surface area contributed by atoms with Crippen molar-refractivity contribution in [3.8, 4) is 0 Å². The minimum absolute atomic E-state index is 1.31. The molecule has 3 aliphatic rings. The molecular weight excluding hydrogens is 250 g/mol. The lowest BCUT2D eigenvalue weighted by Gasteiger charge is -2.51. The Morgan fingerprint density at radius 1 is 0.684 bits per heavy atom. The van der Waals surface area contributed by atoms with Gasteiger partial charge in [-0.1, -0.05) is 0 Å². The van der Waals surface area contributed by atoms with Crippen LogP contribution in [0.3, 0.4) is 0 Å². The summed E-state index contributed by atoms with van der Waals surface area (Å²) in [6, 6.07) is 0. The van der Waals surface area contributed by atoms with Crippen LogP contribution in [0.2, 0.25) is 0 Å². The average molecular weight is 280 g/mol. The highest BCUT2D eigenvalue weighted by molar-refractivity contribution is 6.78. The Hall–Kier alpha value is -0.163. The van der Waals surface area contributed by atoms with E-state index in [1.807, 2.05) is 0 Å². The van der Waals surface area contributed by atoms with Gasteiger partial charge in [-0.25, -0.2) is 0 Å². The molecule has 3 nitrogen and oxygen atoms in total. The molecule has 0 aromatic heterocycles. The van der Waals surface area contributed by atoms with Crippen molar-refractivity contribution in [2.45, 2.75) is 45.4 Å². The molecule has 3 heterocycles. The van der Waals surface area contributed by atoms with Gasteiger partial charge in [0.15, 0.2) is 0 Å². The van der Waals surface area contributed by atoms with Crippen LogP contribution in [-0.4, -0.2) is 61.5 Å². The summed E-state index contributed by atoms with van der Waals surface area (Å²) in [5.41, 5.74) is 0. The summed E-state index contributed by atoms with van der Waals surface area (Å²) in [5.74, 6) is 0. The van der Waals surface area contributed by atoms with Crippen molar-refractivity contribution in [3.05, 3.63) is 11.8 Å². The highest BCUT2D eigenvalue weighted by Gasteiger charge is 2.53. The van der Waals surface area contributed by atoms with E-state index in [4.69, 9.17) is 0 Å². The fourth-order valence-corrected chi connectivity index (χ4v) is 10.1. The summed E-state index contributed by atoms with van der Waals surface area (Å²) in [4.78, 5) is 0. The van der Waals surface area contributed by atoms with Crippen LogP contribution in [-0.2, 0) is 0 Å². The highest BCUT2D eigenvalue weighted by atomic mass is 28.4. The van der Waals surface area contributed by atoms with E-state index in [-0.39, 0.29) is 0 Å². The summed E-state index contributed by atoms with van der Waals surface area (Å²) >= 11 is 0. The predicted octanol–water partition coefficient (Wildman–Crippen LogP) is 2.33.